The van der Waals surface area contributed by atoms with E-state index in [1.165, 1.54) is 0 Å². The standard InChI is InChI=1S/C16H24N4O2S/c1-9(14-12(4)20-22-13(14)5)6-17-16(21)18-7-10(2)15-19-11(3)8-23-15/h8-10H,6-7H2,1-5H3,(H2,17,18,21)/t9-,10-/m1/s1. The number of thiazole rings is 1. The lowest BCUT2D eigenvalue weighted by atomic mass is 10.00. The Labute approximate surface area is 140 Å². The third-order valence-corrected chi connectivity index (χ3v) is 4.97. The number of nitrogens with one attached hydrogen (secondary N) is 2. The largest absolute Gasteiger partial charge is 0.361 e. The van der Waals surface area contributed by atoms with E-state index >= 15 is 0 Å². The number of rotatable bonds is 6. The third-order valence-electron chi connectivity index (χ3n) is 3.78. The van der Waals surface area contributed by atoms with Crippen molar-refractivity contribution in [2.45, 2.75) is 46.5 Å². The number of carbonyl (C=O) groups is 1. The van der Waals surface area contributed by atoms with Crippen LogP contribution in [-0.2, 0) is 0 Å². The average Bonchev–Trinajstić information content (AvgIpc) is 3.08. The van der Waals surface area contributed by atoms with E-state index in [0.29, 0.717) is 13.1 Å². The summed E-state index contributed by atoms with van der Waals surface area (Å²) in [5.74, 6) is 1.18. The normalized spacial score (nSPS) is 13.6. The Balaban J connectivity index is 1.77. The van der Waals surface area contributed by atoms with Gasteiger partial charge in [-0.05, 0) is 20.8 Å². The molecule has 23 heavy (non-hydrogen) atoms. The quantitative estimate of drug-likeness (QED) is 0.848. The number of hydrogen-bond acceptors (Lipinski definition) is 5. The van der Waals surface area contributed by atoms with E-state index in [1.54, 1.807) is 11.3 Å². The first-order valence-corrected chi connectivity index (χ1v) is 8.63. The second-order valence-electron chi connectivity index (χ2n) is 5.96. The van der Waals surface area contributed by atoms with Gasteiger partial charge < -0.3 is 15.2 Å². The third kappa shape index (κ3) is 4.54. The van der Waals surface area contributed by atoms with Crippen molar-refractivity contribution < 1.29 is 9.32 Å². The smallest absolute Gasteiger partial charge is 0.314 e. The van der Waals surface area contributed by atoms with Gasteiger partial charge in [-0.25, -0.2) is 9.78 Å². The Morgan fingerprint density at radius 2 is 1.87 bits per heavy atom. The molecule has 2 aromatic heterocycles. The SMILES string of the molecule is Cc1csc([C@H](C)CNC(=O)NC[C@@H](C)c2c(C)noc2C)n1. The second-order valence-corrected chi connectivity index (χ2v) is 6.85. The molecule has 0 aliphatic rings. The molecule has 2 aromatic rings. The highest BCUT2D eigenvalue weighted by Crippen LogP contribution is 2.22. The Kier molecular flexibility index (Phi) is 5.76. The number of carbonyl (C=O) groups excluding carboxylic acids is 1. The van der Waals surface area contributed by atoms with E-state index in [1.807, 2.05) is 33.1 Å². The predicted octanol–water partition coefficient (Wildman–Crippen LogP) is 3.26. The lowest BCUT2D eigenvalue weighted by molar-refractivity contribution is 0.240. The lowest BCUT2D eigenvalue weighted by Gasteiger charge is -2.14. The highest BCUT2D eigenvalue weighted by Gasteiger charge is 2.17. The van der Waals surface area contributed by atoms with Gasteiger partial charge >= 0.3 is 6.03 Å². The van der Waals surface area contributed by atoms with Crippen molar-refractivity contribution in [3.8, 4) is 0 Å². The summed E-state index contributed by atoms with van der Waals surface area (Å²) in [7, 11) is 0. The molecule has 126 valence electrons. The molecule has 0 aliphatic carbocycles. The molecular formula is C16H24N4O2S. The van der Waals surface area contributed by atoms with Crippen molar-refractivity contribution in [2.24, 2.45) is 0 Å². The predicted molar refractivity (Wildman–Crippen MR) is 91.1 cm³/mol. The minimum Gasteiger partial charge on any atom is -0.361 e. The number of aryl methyl sites for hydroxylation is 3. The summed E-state index contributed by atoms with van der Waals surface area (Å²) < 4.78 is 5.17. The molecule has 0 bridgehead atoms. The summed E-state index contributed by atoms with van der Waals surface area (Å²) in [5.41, 5.74) is 2.97. The summed E-state index contributed by atoms with van der Waals surface area (Å²) in [4.78, 5) is 16.4. The number of urea groups is 1. The summed E-state index contributed by atoms with van der Waals surface area (Å²) in [6, 6.07) is -0.163. The summed E-state index contributed by atoms with van der Waals surface area (Å²) >= 11 is 1.63. The van der Waals surface area contributed by atoms with Gasteiger partial charge in [-0.3, -0.25) is 0 Å². The van der Waals surface area contributed by atoms with Gasteiger partial charge in [-0.2, -0.15) is 0 Å². The Morgan fingerprint density at radius 3 is 2.39 bits per heavy atom. The zero-order chi connectivity index (χ0) is 17.0. The van der Waals surface area contributed by atoms with E-state index in [4.69, 9.17) is 4.52 Å². The molecular weight excluding hydrogens is 312 g/mol. The first-order chi connectivity index (χ1) is 10.9. The fourth-order valence-electron chi connectivity index (χ4n) is 2.54. The van der Waals surface area contributed by atoms with Crippen LogP contribution in [0.5, 0.6) is 0 Å². The van der Waals surface area contributed by atoms with Crippen molar-refractivity contribution in [1.82, 2.24) is 20.8 Å². The first-order valence-electron chi connectivity index (χ1n) is 7.75. The first kappa shape index (κ1) is 17.5. The van der Waals surface area contributed by atoms with E-state index in [0.717, 1.165) is 27.7 Å². The monoisotopic (exact) mass is 336 g/mol. The second kappa shape index (κ2) is 7.59. The van der Waals surface area contributed by atoms with Crippen molar-refractivity contribution in [2.75, 3.05) is 13.1 Å². The van der Waals surface area contributed by atoms with E-state index in [-0.39, 0.29) is 17.9 Å². The molecule has 2 heterocycles. The van der Waals surface area contributed by atoms with Crippen LogP contribution < -0.4 is 10.6 Å². The van der Waals surface area contributed by atoms with Gasteiger partial charge in [0.15, 0.2) is 0 Å². The molecule has 0 aliphatic heterocycles. The zero-order valence-corrected chi connectivity index (χ0v) is 15.1. The molecule has 0 saturated heterocycles. The van der Waals surface area contributed by atoms with Gasteiger partial charge in [-0.1, -0.05) is 19.0 Å². The maximum atomic E-state index is 11.9. The maximum Gasteiger partial charge on any atom is 0.314 e. The van der Waals surface area contributed by atoms with Gasteiger partial charge in [0.2, 0.25) is 0 Å². The van der Waals surface area contributed by atoms with Crippen LogP contribution in [0.15, 0.2) is 9.90 Å². The minimum atomic E-state index is -0.163. The number of aromatic nitrogens is 2. The van der Waals surface area contributed by atoms with Crippen LogP contribution in [0.2, 0.25) is 0 Å². The molecule has 0 radical (unpaired) electrons. The topological polar surface area (TPSA) is 80.0 Å². The number of nitrogens with zero attached hydrogens (tertiary/aromatic N) is 2. The van der Waals surface area contributed by atoms with Gasteiger partial charge in [0.05, 0.1) is 10.7 Å². The molecule has 2 atom stereocenters. The lowest BCUT2D eigenvalue weighted by Crippen LogP contribution is -2.39. The molecule has 0 aromatic carbocycles. The summed E-state index contributed by atoms with van der Waals surface area (Å²) in [5, 5.41) is 12.8. The van der Waals surface area contributed by atoms with Crippen molar-refractivity contribution in [3.05, 3.63) is 33.1 Å². The summed E-state index contributed by atoms with van der Waals surface area (Å²) in [6.07, 6.45) is 0. The van der Waals surface area contributed by atoms with Crippen molar-refractivity contribution >= 4 is 17.4 Å². The maximum absolute atomic E-state index is 11.9. The van der Waals surface area contributed by atoms with Crippen LogP contribution >= 0.6 is 11.3 Å². The van der Waals surface area contributed by atoms with Crippen molar-refractivity contribution in [3.63, 3.8) is 0 Å². The van der Waals surface area contributed by atoms with E-state index in [2.05, 4.69) is 27.7 Å². The Morgan fingerprint density at radius 1 is 1.22 bits per heavy atom. The van der Waals surface area contributed by atoms with Crippen LogP contribution in [-0.4, -0.2) is 29.3 Å². The number of hydrogen-bond donors (Lipinski definition) is 2. The molecule has 2 N–H and O–H groups in total. The molecule has 2 rings (SSSR count). The molecule has 7 heteroatoms. The summed E-state index contributed by atoms with van der Waals surface area (Å²) in [6.45, 7) is 11.0. The highest BCUT2D eigenvalue weighted by atomic mass is 32.1. The van der Waals surface area contributed by atoms with Crippen LogP contribution in [0.3, 0.4) is 0 Å². The number of amides is 2. The van der Waals surface area contributed by atoms with Crippen molar-refractivity contribution in [1.29, 1.82) is 0 Å². The molecule has 2 amide bonds. The van der Waals surface area contributed by atoms with Crippen LogP contribution in [0.4, 0.5) is 4.79 Å². The van der Waals surface area contributed by atoms with Gasteiger partial charge in [0.25, 0.3) is 0 Å². The van der Waals surface area contributed by atoms with Gasteiger partial charge in [-0.15, -0.1) is 11.3 Å². The average molecular weight is 336 g/mol. The molecule has 0 spiro atoms. The van der Waals surface area contributed by atoms with E-state index < -0.39 is 0 Å². The molecule has 0 unspecified atom stereocenters. The Hall–Kier alpha value is -1.89. The Bertz CT molecular complexity index is 645. The highest BCUT2D eigenvalue weighted by molar-refractivity contribution is 7.09. The van der Waals surface area contributed by atoms with Crippen LogP contribution in [0.25, 0.3) is 0 Å². The molecule has 6 nitrogen and oxygen atoms in total. The molecule has 0 saturated carbocycles. The fourth-order valence-corrected chi connectivity index (χ4v) is 3.39. The zero-order valence-electron chi connectivity index (χ0n) is 14.3. The van der Waals surface area contributed by atoms with E-state index in [9.17, 15) is 4.79 Å². The minimum absolute atomic E-state index is 0.158. The van der Waals surface area contributed by atoms with Gasteiger partial charge in [0.1, 0.15) is 5.76 Å². The molecule has 0 fully saturated rings. The van der Waals surface area contributed by atoms with Gasteiger partial charge in [0, 0.05) is 41.6 Å². The van der Waals surface area contributed by atoms with Crippen LogP contribution in [0.1, 0.15) is 53.4 Å². The van der Waals surface area contributed by atoms with Crippen LogP contribution in [0, 0.1) is 20.8 Å². The fraction of sp³-hybridized carbons (Fsp3) is 0.562.